The van der Waals surface area contributed by atoms with Crippen molar-refractivity contribution in [2.45, 2.75) is 26.5 Å². The zero-order valence-electron chi connectivity index (χ0n) is 13.4. The lowest BCUT2D eigenvalue weighted by Crippen LogP contribution is -2.36. The van der Waals surface area contributed by atoms with Crippen molar-refractivity contribution in [3.05, 3.63) is 59.0 Å². The molecule has 7 heteroatoms. The average molecular weight is 345 g/mol. The van der Waals surface area contributed by atoms with Crippen LogP contribution in [0.25, 0.3) is 5.65 Å². The molecule has 0 aliphatic carbocycles. The fourth-order valence-electron chi connectivity index (χ4n) is 2.31. The van der Waals surface area contributed by atoms with Gasteiger partial charge in [0, 0.05) is 11.2 Å². The second-order valence-corrected chi connectivity index (χ2v) is 5.87. The predicted octanol–water partition coefficient (Wildman–Crippen LogP) is 2.77. The monoisotopic (exact) mass is 344 g/mol. The number of hydrogen-bond acceptors (Lipinski definition) is 4. The largest absolute Gasteiger partial charge is 0.481 e. The van der Waals surface area contributed by atoms with E-state index in [2.05, 4.69) is 15.5 Å². The van der Waals surface area contributed by atoms with Crippen LogP contribution in [0, 0.1) is 6.92 Å². The van der Waals surface area contributed by atoms with Crippen LogP contribution in [0.15, 0.2) is 42.6 Å². The van der Waals surface area contributed by atoms with Gasteiger partial charge in [-0.15, -0.1) is 10.2 Å². The Morgan fingerprint density at radius 3 is 2.96 bits per heavy atom. The number of benzene rings is 1. The lowest BCUT2D eigenvalue weighted by Gasteiger charge is -2.16. The van der Waals surface area contributed by atoms with E-state index in [1.807, 2.05) is 35.7 Å². The molecule has 1 atom stereocenters. The summed E-state index contributed by atoms with van der Waals surface area (Å²) >= 11 is 5.92. The molecule has 6 nitrogen and oxygen atoms in total. The SMILES string of the molecule is Cc1cc(Cl)ccc1OC(C)C(=O)NCc1nnc2ccccn12. The minimum absolute atomic E-state index is 0.225. The summed E-state index contributed by atoms with van der Waals surface area (Å²) in [7, 11) is 0. The van der Waals surface area contributed by atoms with E-state index in [4.69, 9.17) is 16.3 Å². The predicted molar refractivity (Wildman–Crippen MR) is 91.1 cm³/mol. The van der Waals surface area contributed by atoms with Gasteiger partial charge in [0.05, 0.1) is 6.54 Å². The van der Waals surface area contributed by atoms with Gasteiger partial charge in [0.1, 0.15) is 5.75 Å². The number of nitrogens with one attached hydrogen (secondary N) is 1. The molecule has 0 bridgehead atoms. The second kappa shape index (κ2) is 6.88. The number of amides is 1. The molecule has 2 aromatic heterocycles. The van der Waals surface area contributed by atoms with Gasteiger partial charge in [0.15, 0.2) is 17.6 Å². The van der Waals surface area contributed by atoms with E-state index >= 15 is 0 Å². The summed E-state index contributed by atoms with van der Waals surface area (Å²) in [6, 6.07) is 10.9. The molecule has 1 aromatic carbocycles. The maximum atomic E-state index is 12.2. The van der Waals surface area contributed by atoms with Gasteiger partial charge in [0.25, 0.3) is 5.91 Å². The first kappa shape index (κ1) is 16.3. The van der Waals surface area contributed by atoms with Crippen LogP contribution >= 0.6 is 11.6 Å². The zero-order valence-corrected chi connectivity index (χ0v) is 14.1. The number of halogens is 1. The Bertz CT molecular complexity index is 878. The third kappa shape index (κ3) is 3.49. The van der Waals surface area contributed by atoms with Crippen molar-refractivity contribution < 1.29 is 9.53 Å². The van der Waals surface area contributed by atoms with Gasteiger partial charge in [0.2, 0.25) is 0 Å². The minimum atomic E-state index is -0.635. The maximum Gasteiger partial charge on any atom is 0.261 e. The van der Waals surface area contributed by atoms with Gasteiger partial charge in [-0.05, 0) is 49.7 Å². The van der Waals surface area contributed by atoms with Crippen molar-refractivity contribution in [2.75, 3.05) is 0 Å². The summed E-state index contributed by atoms with van der Waals surface area (Å²) in [5.74, 6) is 1.07. The van der Waals surface area contributed by atoms with Crippen LogP contribution in [-0.2, 0) is 11.3 Å². The summed E-state index contributed by atoms with van der Waals surface area (Å²) in [4.78, 5) is 12.2. The van der Waals surface area contributed by atoms with Crippen LogP contribution in [0.3, 0.4) is 0 Å². The number of nitrogens with zero attached hydrogens (tertiary/aromatic N) is 3. The molecule has 0 spiro atoms. The van der Waals surface area contributed by atoms with Crippen molar-refractivity contribution >= 4 is 23.2 Å². The van der Waals surface area contributed by atoms with Crippen molar-refractivity contribution in [1.82, 2.24) is 19.9 Å². The van der Waals surface area contributed by atoms with Crippen LogP contribution in [0.5, 0.6) is 5.75 Å². The van der Waals surface area contributed by atoms with Gasteiger partial charge in [-0.2, -0.15) is 0 Å². The van der Waals surface area contributed by atoms with Crippen LogP contribution in [0.4, 0.5) is 0 Å². The number of carbonyl (C=O) groups is 1. The van der Waals surface area contributed by atoms with Crippen LogP contribution in [0.1, 0.15) is 18.3 Å². The standard InChI is InChI=1S/C17H17ClN4O2/c1-11-9-13(18)6-7-14(11)24-12(2)17(23)19-10-16-21-20-15-5-3-4-8-22(15)16/h3-9,12H,10H2,1-2H3,(H,19,23). The van der Waals surface area contributed by atoms with Crippen molar-refractivity contribution in [3.8, 4) is 5.75 Å². The fourth-order valence-corrected chi connectivity index (χ4v) is 2.54. The normalized spacial score (nSPS) is 12.1. The van der Waals surface area contributed by atoms with Crippen LogP contribution < -0.4 is 10.1 Å². The van der Waals surface area contributed by atoms with E-state index < -0.39 is 6.10 Å². The molecule has 1 N–H and O–H groups in total. The number of ether oxygens (including phenoxy) is 1. The van der Waals surface area contributed by atoms with Crippen molar-refractivity contribution in [2.24, 2.45) is 0 Å². The second-order valence-electron chi connectivity index (χ2n) is 5.43. The molecule has 0 saturated carbocycles. The molecular weight excluding hydrogens is 328 g/mol. The highest BCUT2D eigenvalue weighted by atomic mass is 35.5. The number of hydrogen-bond donors (Lipinski definition) is 1. The van der Waals surface area contributed by atoms with E-state index in [-0.39, 0.29) is 12.5 Å². The molecule has 0 radical (unpaired) electrons. The van der Waals surface area contributed by atoms with Crippen LogP contribution in [-0.4, -0.2) is 26.6 Å². The highest BCUT2D eigenvalue weighted by Crippen LogP contribution is 2.22. The molecule has 0 aliphatic rings. The minimum Gasteiger partial charge on any atom is -0.481 e. The number of aromatic nitrogens is 3. The Hall–Kier alpha value is -2.60. The highest BCUT2D eigenvalue weighted by Gasteiger charge is 2.16. The highest BCUT2D eigenvalue weighted by molar-refractivity contribution is 6.30. The smallest absolute Gasteiger partial charge is 0.261 e. The van der Waals surface area contributed by atoms with Crippen molar-refractivity contribution in [1.29, 1.82) is 0 Å². The molecular formula is C17H17ClN4O2. The molecule has 0 saturated heterocycles. The maximum absolute atomic E-state index is 12.2. The number of aryl methyl sites for hydroxylation is 1. The first-order valence-corrected chi connectivity index (χ1v) is 7.91. The van der Waals surface area contributed by atoms with Gasteiger partial charge in [-0.25, -0.2) is 0 Å². The van der Waals surface area contributed by atoms with Gasteiger partial charge >= 0.3 is 0 Å². The Balaban J connectivity index is 1.62. The van der Waals surface area contributed by atoms with Crippen LogP contribution in [0.2, 0.25) is 5.02 Å². The van der Waals surface area contributed by atoms with E-state index in [0.717, 1.165) is 11.2 Å². The molecule has 3 rings (SSSR count). The molecule has 0 aliphatic heterocycles. The summed E-state index contributed by atoms with van der Waals surface area (Å²) < 4.78 is 7.53. The number of pyridine rings is 1. The number of rotatable bonds is 5. The summed E-state index contributed by atoms with van der Waals surface area (Å²) in [5, 5.41) is 11.6. The molecule has 124 valence electrons. The quantitative estimate of drug-likeness (QED) is 0.772. The van der Waals surface area contributed by atoms with E-state index in [1.54, 1.807) is 25.1 Å². The lowest BCUT2D eigenvalue weighted by molar-refractivity contribution is -0.127. The van der Waals surface area contributed by atoms with Gasteiger partial charge in [-0.3, -0.25) is 9.20 Å². The summed E-state index contributed by atoms with van der Waals surface area (Å²) in [6.07, 6.45) is 1.22. The molecule has 1 amide bonds. The van der Waals surface area contributed by atoms with Gasteiger partial charge < -0.3 is 10.1 Å². The Kier molecular flexibility index (Phi) is 4.66. The lowest BCUT2D eigenvalue weighted by atomic mass is 10.2. The first-order chi connectivity index (χ1) is 11.5. The third-order valence-electron chi connectivity index (χ3n) is 3.62. The summed E-state index contributed by atoms with van der Waals surface area (Å²) in [5.41, 5.74) is 1.62. The van der Waals surface area contributed by atoms with Gasteiger partial charge in [-0.1, -0.05) is 17.7 Å². The number of fused-ring (bicyclic) bond motifs is 1. The van der Waals surface area contributed by atoms with E-state index in [1.165, 1.54) is 0 Å². The Morgan fingerprint density at radius 2 is 2.17 bits per heavy atom. The fraction of sp³-hybridized carbons (Fsp3) is 0.235. The topological polar surface area (TPSA) is 68.5 Å². The molecule has 3 aromatic rings. The van der Waals surface area contributed by atoms with E-state index in [9.17, 15) is 4.79 Å². The molecule has 1 unspecified atom stereocenters. The van der Waals surface area contributed by atoms with E-state index in [0.29, 0.717) is 16.6 Å². The zero-order chi connectivity index (χ0) is 17.1. The summed E-state index contributed by atoms with van der Waals surface area (Å²) in [6.45, 7) is 3.86. The molecule has 2 heterocycles. The third-order valence-corrected chi connectivity index (χ3v) is 3.85. The Labute approximate surface area is 144 Å². The molecule has 24 heavy (non-hydrogen) atoms. The van der Waals surface area contributed by atoms with Crippen molar-refractivity contribution in [3.63, 3.8) is 0 Å². The average Bonchev–Trinajstić information content (AvgIpc) is 2.98. The number of carbonyl (C=O) groups excluding carboxylic acids is 1. The first-order valence-electron chi connectivity index (χ1n) is 7.54. The molecule has 0 fully saturated rings. The Morgan fingerprint density at radius 1 is 1.33 bits per heavy atom.